The average molecular weight is 550 g/mol. The number of carboxylic acids is 1. The summed E-state index contributed by atoms with van der Waals surface area (Å²) >= 11 is 0. The highest BCUT2D eigenvalue weighted by Gasteiger charge is 2.26. The van der Waals surface area contributed by atoms with Gasteiger partial charge in [-0.25, -0.2) is 19.2 Å². The molecule has 3 N–H and O–H groups in total. The summed E-state index contributed by atoms with van der Waals surface area (Å²) in [6, 6.07) is 18.8. The molecule has 3 rings (SSSR count). The molecule has 0 aromatic heterocycles. The molecule has 3 aromatic carbocycles. The van der Waals surface area contributed by atoms with Gasteiger partial charge in [-0.05, 0) is 62.2 Å². The third-order valence-electron chi connectivity index (χ3n) is 5.45. The Bertz CT molecular complexity index is 1370. The number of carbonyl (C=O) groups is 5. The number of hydrogen-bond acceptors (Lipinski definition) is 10. The zero-order valence-corrected chi connectivity index (χ0v) is 21.6. The Kier molecular flexibility index (Phi) is 10.1. The molecule has 208 valence electrons. The van der Waals surface area contributed by atoms with Crippen molar-refractivity contribution in [2.24, 2.45) is 5.73 Å². The highest BCUT2D eigenvalue weighted by molar-refractivity contribution is 5.92. The van der Waals surface area contributed by atoms with Crippen LogP contribution in [0.1, 0.15) is 40.1 Å². The van der Waals surface area contributed by atoms with Gasteiger partial charge in [-0.3, -0.25) is 4.79 Å². The first-order chi connectivity index (χ1) is 19.0. The van der Waals surface area contributed by atoms with Crippen molar-refractivity contribution in [3.8, 4) is 11.5 Å². The van der Waals surface area contributed by atoms with E-state index in [0.717, 1.165) is 0 Å². The first kappa shape index (κ1) is 29.5. The summed E-state index contributed by atoms with van der Waals surface area (Å²) in [5.41, 5.74) is 6.42. The van der Waals surface area contributed by atoms with E-state index in [1.54, 1.807) is 36.4 Å². The molecular formula is C29H27NO10. The van der Waals surface area contributed by atoms with Crippen molar-refractivity contribution < 1.29 is 48.0 Å². The zero-order chi connectivity index (χ0) is 29.2. The summed E-state index contributed by atoms with van der Waals surface area (Å²) in [5.74, 6) is -5.21. The van der Waals surface area contributed by atoms with Crippen molar-refractivity contribution in [3.63, 3.8) is 0 Å². The van der Waals surface area contributed by atoms with Crippen LogP contribution in [0.3, 0.4) is 0 Å². The number of carbonyl (C=O) groups excluding carboxylic acids is 4. The first-order valence-electron chi connectivity index (χ1n) is 12.1. The van der Waals surface area contributed by atoms with Crippen molar-refractivity contribution >= 4 is 29.8 Å². The molecule has 40 heavy (non-hydrogen) atoms. The number of esters is 4. The van der Waals surface area contributed by atoms with Gasteiger partial charge in [0.05, 0.1) is 11.1 Å². The standard InChI is InChI=1S/C29H27NO10/c1-17(37-28(35)20-9-5-3-6-10-20)26(33)39-23-14-13-19(15-22(30)25(31)32)16-24(23)40-27(34)18(2)38-29(36)21-11-7-4-8-12-21/h3-14,16-18,22H,15,30H2,1-2H3,(H,31,32)/t17-,18-,22-/m0/s1. The van der Waals surface area contributed by atoms with Gasteiger partial charge in [0.2, 0.25) is 0 Å². The van der Waals surface area contributed by atoms with Crippen molar-refractivity contribution in [3.05, 3.63) is 95.6 Å². The van der Waals surface area contributed by atoms with E-state index in [1.807, 2.05) is 0 Å². The van der Waals surface area contributed by atoms with E-state index in [0.29, 0.717) is 5.56 Å². The van der Waals surface area contributed by atoms with Crippen LogP contribution in [0, 0.1) is 0 Å². The fourth-order valence-electron chi connectivity index (χ4n) is 3.27. The average Bonchev–Trinajstić information content (AvgIpc) is 2.94. The lowest BCUT2D eigenvalue weighted by Crippen LogP contribution is -2.32. The number of aliphatic carboxylic acids is 1. The van der Waals surface area contributed by atoms with Gasteiger partial charge in [-0.2, -0.15) is 0 Å². The lowest BCUT2D eigenvalue weighted by Gasteiger charge is -2.17. The monoisotopic (exact) mass is 549 g/mol. The molecule has 0 fully saturated rings. The highest BCUT2D eigenvalue weighted by Crippen LogP contribution is 2.30. The van der Waals surface area contributed by atoms with Crippen molar-refractivity contribution in [1.29, 1.82) is 0 Å². The van der Waals surface area contributed by atoms with E-state index in [-0.39, 0.29) is 29.0 Å². The van der Waals surface area contributed by atoms with Gasteiger partial charge in [-0.1, -0.05) is 42.5 Å². The summed E-state index contributed by atoms with van der Waals surface area (Å²) in [6.45, 7) is 2.60. The normalized spacial score (nSPS) is 12.8. The number of rotatable bonds is 11. The van der Waals surface area contributed by atoms with Gasteiger partial charge in [-0.15, -0.1) is 0 Å². The minimum Gasteiger partial charge on any atom is -0.480 e. The minimum atomic E-state index is -1.35. The number of benzene rings is 3. The lowest BCUT2D eigenvalue weighted by molar-refractivity contribution is -0.145. The van der Waals surface area contributed by atoms with Gasteiger partial charge >= 0.3 is 29.8 Å². The molecule has 0 amide bonds. The molecule has 11 nitrogen and oxygen atoms in total. The third kappa shape index (κ3) is 8.23. The van der Waals surface area contributed by atoms with Crippen molar-refractivity contribution in [1.82, 2.24) is 0 Å². The summed E-state index contributed by atoms with van der Waals surface area (Å²) in [6.07, 6.45) is -2.81. The Labute approximate surface area is 229 Å². The van der Waals surface area contributed by atoms with Crippen molar-refractivity contribution in [2.45, 2.75) is 38.5 Å². The van der Waals surface area contributed by atoms with Crippen LogP contribution >= 0.6 is 0 Å². The molecule has 0 spiro atoms. The second-order valence-corrected chi connectivity index (χ2v) is 8.60. The molecule has 0 radical (unpaired) electrons. The summed E-state index contributed by atoms with van der Waals surface area (Å²) < 4.78 is 21.0. The zero-order valence-electron chi connectivity index (χ0n) is 21.6. The molecule has 3 aromatic rings. The van der Waals surface area contributed by atoms with Gasteiger partial charge in [0.1, 0.15) is 6.04 Å². The summed E-state index contributed by atoms with van der Waals surface area (Å²) in [5, 5.41) is 9.13. The molecule has 0 aliphatic heterocycles. The summed E-state index contributed by atoms with van der Waals surface area (Å²) in [4.78, 5) is 61.3. The number of hydrogen-bond donors (Lipinski definition) is 2. The second kappa shape index (κ2) is 13.7. The maximum atomic E-state index is 12.8. The number of carboxylic acid groups (broad SMARTS) is 1. The van der Waals surface area contributed by atoms with Crippen molar-refractivity contribution in [2.75, 3.05) is 0 Å². The Morgan fingerprint density at radius 3 is 1.60 bits per heavy atom. The van der Waals surface area contributed by atoms with Crippen LogP contribution in [0.25, 0.3) is 0 Å². The van der Waals surface area contributed by atoms with E-state index in [4.69, 9.17) is 29.8 Å². The Balaban J connectivity index is 1.76. The molecular weight excluding hydrogens is 522 g/mol. The fraction of sp³-hybridized carbons (Fsp3) is 0.207. The quantitative estimate of drug-likeness (QED) is 0.266. The smallest absolute Gasteiger partial charge is 0.352 e. The van der Waals surface area contributed by atoms with E-state index in [1.165, 1.54) is 56.3 Å². The molecule has 0 bridgehead atoms. The van der Waals surface area contributed by atoms with Crippen LogP contribution < -0.4 is 15.2 Å². The van der Waals surface area contributed by atoms with Crippen LogP contribution in [0.2, 0.25) is 0 Å². The molecule has 3 atom stereocenters. The lowest BCUT2D eigenvalue weighted by atomic mass is 10.1. The molecule has 0 heterocycles. The Morgan fingerprint density at radius 1 is 0.700 bits per heavy atom. The molecule has 0 saturated carbocycles. The predicted molar refractivity (Wildman–Crippen MR) is 140 cm³/mol. The highest BCUT2D eigenvalue weighted by atomic mass is 16.6. The van der Waals surface area contributed by atoms with Crippen LogP contribution in [0.5, 0.6) is 11.5 Å². The molecule has 0 aliphatic carbocycles. The molecule has 0 unspecified atom stereocenters. The van der Waals surface area contributed by atoms with Crippen LogP contribution in [-0.4, -0.2) is 53.2 Å². The summed E-state index contributed by atoms with van der Waals surface area (Å²) in [7, 11) is 0. The maximum Gasteiger partial charge on any atom is 0.352 e. The third-order valence-corrected chi connectivity index (χ3v) is 5.45. The fourth-order valence-corrected chi connectivity index (χ4v) is 3.27. The molecule has 11 heteroatoms. The van der Waals surface area contributed by atoms with E-state index in [2.05, 4.69) is 0 Å². The SMILES string of the molecule is C[C@H](OC(=O)c1ccccc1)C(=O)Oc1ccc(C[C@H](N)C(=O)O)cc1OC(=O)[C@H](C)OC(=O)c1ccccc1. The van der Waals surface area contributed by atoms with E-state index >= 15 is 0 Å². The van der Waals surface area contributed by atoms with E-state index < -0.39 is 48.1 Å². The topological polar surface area (TPSA) is 169 Å². The molecule has 0 saturated heterocycles. The van der Waals surface area contributed by atoms with Gasteiger partial charge < -0.3 is 29.8 Å². The molecule has 0 aliphatic rings. The van der Waals surface area contributed by atoms with Gasteiger partial charge in [0.15, 0.2) is 23.7 Å². The predicted octanol–water partition coefficient (Wildman–Crippen LogP) is 2.94. The minimum absolute atomic E-state index is 0.127. The van der Waals surface area contributed by atoms with Gasteiger partial charge in [0, 0.05) is 0 Å². The largest absolute Gasteiger partial charge is 0.480 e. The maximum absolute atomic E-state index is 12.8. The number of nitrogens with two attached hydrogens (primary N) is 1. The van der Waals surface area contributed by atoms with E-state index in [9.17, 15) is 24.0 Å². The van der Waals surface area contributed by atoms with Crippen LogP contribution in [-0.2, 0) is 30.3 Å². The second-order valence-electron chi connectivity index (χ2n) is 8.60. The first-order valence-corrected chi connectivity index (χ1v) is 12.1. The van der Waals surface area contributed by atoms with Crippen LogP contribution in [0.4, 0.5) is 0 Å². The van der Waals surface area contributed by atoms with Gasteiger partial charge in [0.25, 0.3) is 0 Å². The number of ether oxygens (including phenoxy) is 4. The van der Waals surface area contributed by atoms with Crippen LogP contribution in [0.15, 0.2) is 78.9 Å². The Morgan fingerprint density at radius 2 is 1.15 bits per heavy atom. The Hall–Kier alpha value is -5.03.